The van der Waals surface area contributed by atoms with E-state index in [-0.39, 0.29) is 30.6 Å². The Labute approximate surface area is 274 Å². The molecule has 0 saturated heterocycles. The number of hydrogen-bond acceptors (Lipinski definition) is 7. The number of carbonyl (C=O) groups excluding carboxylic acids is 1. The van der Waals surface area contributed by atoms with Crippen molar-refractivity contribution in [3.8, 4) is 5.69 Å². The van der Waals surface area contributed by atoms with Gasteiger partial charge in [-0.1, -0.05) is 5.57 Å². The molecular weight excluding hydrogens is 685 g/mol. The van der Waals surface area contributed by atoms with Gasteiger partial charge in [-0.15, -0.1) is 13.2 Å². The molecule has 1 saturated carbocycles. The van der Waals surface area contributed by atoms with Crippen LogP contribution in [0.25, 0.3) is 11.8 Å². The molecule has 0 bridgehead atoms. The highest BCUT2D eigenvalue weighted by Crippen LogP contribution is 2.51. The van der Waals surface area contributed by atoms with E-state index in [1.54, 1.807) is 6.08 Å². The van der Waals surface area contributed by atoms with Crippen LogP contribution in [-0.2, 0) is 34.4 Å². The van der Waals surface area contributed by atoms with Crippen molar-refractivity contribution in [3.05, 3.63) is 95.1 Å². The predicted octanol–water partition coefficient (Wildman–Crippen LogP) is 5.75. The SMILES string of the molecule is Cn1cc(S(=O)(=O)N(CCOC(F)(F)F)[C@H]2CCC3=Cc4c(cnn4-c4ccc(F)cc4)C[C@]3(C(=O)c3cc(C(F)(F)F)ccn3)C2)cn1. The number of halogens is 7. The van der Waals surface area contributed by atoms with Crippen LogP contribution in [0.4, 0.5) is 30.7 Å². The summed E-state index contributed by atoms with van der Waals surface area (Å²) in [6.45, 7) is -1.81. The first-order valence-corrected chi connectivity index (χ1v) is 16.2. The number of nitrogens with zero attached hydrogens (tertiary/aromatic N) is 6. The van der Waals surface area contributed by atoms with Gasteiger partial charge in [-0.05, 0) is 73.7 Å². The van der Waals surface area contributed by atoms with Crippen LogP contribution in [0.5, 0.6) is 0 Å². The number of rotatable bonds is 9. The van der Waals surface area contributed by atoms with Crippen molar-refractivity contribution >= 4 is 21.9 Å². The van der Waals surface area contributed by atoms with Gasteiger partial charge in [0.1, 0.15) is 16.4 Å². The van der Waals surface area contributed by atoms with Gasteiger partial charge in [-0.25, -0.2) is 17.5 Å². The molecule has 0 amide bonds. The largest absolute Gasteiger partial charge is 0.522 e. The van der Waals surface area contributed by atoms with E-state index in [0.717, 1.165) is 16.7 Å². The van der Waals surface area contributed by atoms with Crippen molar-refractivity contribution in [2.24, 2.45) is 12.5 Å². The molecule has 6 rings (SSSR count). The van der Waals surface area contributed by atoms with Gasteiger partial charge in [-0.3, -0.25) is 19.2 Å². The average molecular weight is 713 g/mol. The third-order valence-electron chi connectivity index (χ3n) is 8.73. The Balaban J connectivity index is 1.45. The topological polar surface area (TPSA) is 112 Å². The number of ketones is 1. The molecule has 3 aromatic heterocycles. The fourth-order valence-electron chi connectivity index (χ4n) is 6.51. The smallest absolute Gasteiger partial charge is 0.291 e. The van der Waals surface area contributed by atoms with Gasteiger partial charge in [0.25, 0.3) is 0 Å². The summed E-state index contributed by atoms with van der Waals surface area (Å²) in [4.78, 5) is 18.1. The molecule has 0 spiro atoms. The fourth-order valence-corrected chi connectivity index (χ4v) is 8.14. The van der Waals surface area contributed by atoms with Crippen molar-refractivity contribution in [2.45, 2.75) is 49.2 Å². The molecule has 3 heterocycles. The van der Waals surface area contributed by atoms with Crippen LogP contribution < -0.4 is 0 Å². The lowest BCUT2D eigenvalue weighted by atomic mass is 9.60. The minimum Gasteiger partial charge on any atom is -0.291 e. The van der Waals surface area contributed by atoms with Gasteiger partial charge in [0.2, 0.25) is 10.0 Å². The lowest BCUT2D eigenvalue weighted by molar-refractivity contribution is -0.324. The summed E-state index contributed by atoms with van der Waals surface area (Å²) in [7, 11) is -3.06. The molecule has 1 aromatic carbocycles. The highest BCUT2D eigenvalue weighted by atomic mass is 32.2. The predicted molar refractivity (Wildman–Crippen MR) is 158 cm³/mol. The number of sulfonamides is 1. The highest BCUT2D eigenvalue weighted by Gasteiger charge is 2.52. The van der Waals surface area contributed by atoms with Gasteiger partial charge in [0.15, 0.2) is 5.78 Å². The molecule has 0 radical (unpaired) electrons. The summed E-state index contributed by atoms with van der Waals surface area (Å²) in [6.07, 6.45) is -4.04. The van der Waals surface area contributed by atoms with Gasteiger partial charge >= 0.3 is 12.5 Å². The Morgan fingerprint density at radius 1 is 1.08 bits per heavy atom. The average Bonchev–Trinajstić information content (AvgIpc) is 3.67. The number of aryl methyl sites for hydroxylation is 1. The van der Waals surface area contributed by atoms with Crippen LogP contribution in [0.15, 0.2) is 71.7 Å². The molecule has 0 N–H and O–H groups in total. The van der Waals surface area contributed by atoms with Crippen LogP contribution >= 0.6 is 0 Å². The lowest BCUT2D eigenvalue weighted by Crippen LogP contribution is -2.51. The lowest BCUT2D eigenvalue weighted by Gasteiger charge is -2.46. The molecule has 0 aliphatic heterocycles. The maximum Gasteiger partial charge on any atom is 0.522 e. The zero-order valence-corrected chi connectivity index (χ0v) is 26.4. The van der Waals surface area contributed by atoms with Crippen LogP contribution in [0.3, 0.4) is 0 Å². The van der Waals surface area contributed by atoms with E-state index < -0.39 is 70.0 Å². The Morgan fingerprint density at radius 3 is 2.47 bits per heavy atom. The Kier molecular flexibility index (Phi) is 8.77. The molecule has 49 heavy (non-hydrogen) atoms. The second-order valence-electron chi connectivity index (χ2n) is 11.8. The van der Waals surface area contributed by atoms with Crippen LogP contribution in [0, 0.1) is 11.2 Å². The number of alkyl halides is 6. The van der Waals surface area contributed by atoms with Crippen molar-refractivity contribution in [3.63, 3.8) is 0 Å². The summed E-state index contributed by atoms with van der Waals surface area (Å²) in [5.74, 6) is -1.30. The molecule has 1 fully saturated rings. The molecule has 4 aromatic rings. The number of pyridine rings is 1. The zero-order valence-electron chi connectivity index (χ0n) is 25.5. The van der Waals surface area contributed by atoms with Crippen molar-refractivity contribution in [1.29, 1.82) is 0 Å². The van der Waals surface area contributed by atoms with Crippen LogP contribution in [0.2, 0.25) is 0 Å². The van der Waals surface area contributed by atoms with E-state index in [4.69, 9.17) is 0 Å². The molecule has 10 nitrogen and oxygen atoms in total. The van der Waals surface area contributed by atoms with E-state index in [9.17, 15) is 43.9 Å². The number of fused-ring (bicyclic) bond motifs is 2. The van der Waals surface area contributed by atoms with E-state index >= 15 is 0 Å². The molecule has 2 aliphatic carbocycles. The Bertz CT molecular complexity index is 2020. The van der Waals surface area contributed by atoms with Crippen molar-refractivity contribution in [2.75, 3.05) is 13.2 Å². The van der Waals surface area contributed by atoms with Gasteiger partial charge in [-0.2, -0.15) is 27.7 Å². The first-order valence-electron chi connectivity index (χ1n) is 14.8. The number of aromatic nitrogens is 5. The number of carbonyl (C=O) groups is 1. The Hall–Kier alpha value is -4.42. The summed E-state index contributed by atoms with van der Waals surface area (Å²) >= 11 is 0. The normalized spacial score (nSPS) is 19.8. The maximum atomic E-state index is 14.5. The molecule has 0 unspecified atom stereocenters. The first kappa shape index (κ1) is 34.4. The second-order valence-corrected chi connectivity index (χ2v) is 13.7. The maximum absolute atomic E-state index is 14.5. The quantitative estimate of drug-likeness (QED) is 0.161. The highest BCUT2D eigenvalue weighted by molar-refractivity contribution is 7.89. The van der Waals surface area contributed by atoms with E-state index in [1.165, 1.54) is 53.1 Å². The number of hydrogen-bond donors (Lipinski definition) is 0. The van der Waals surface area contributed by atoms with Gasteiger partial charge in [0.05, 0.1) is 41.4 Å². The van der Waals surface area contributed by atoms with E-state index in [1.807, 2.05) is 0 Å². The first-order chi connectivity index (χ1) is 23.0. The van der Waals surface area contributed by atoms with E-state index in [2.05, 4.69) is 19.9 Å². The molecule has 260 valence electrons. The zero-order chi connectivity index (χ0) is 35.4. The molecule has 2 atom stereocenters. The number of allylic oxidation sites excluding steroid dienone is 1. The summed E-state index contributed by atoms with van der Waals surface area (Å²) in [5, 5.41) is 8.27. The Morgan fingerprint density at radius 2 is 1.82 bits per heavy atom. The minimum atomic E-state index is -5.05. The number of ether oxygens (including phenoxy) is 1. The van der Waals surface area contributed by atoms with Crippen LogP contribution in [-0.4, -0.2) is 68.6 Å². The summed E-state index contributed by atoms with van der Waals surface area (Å²) in [5.41, 5.74) is -1.34. The third-order valence-corrected chi connectivity index (χ3v) is 10.6. The van der Waals surface area contributed by atoms with Crippen LogP contribution in [0.1, 0.15) is 46.6 Å². The summed E-state index contributed by atoms with van der Waals surface area (Å²) < 4.78 is 129. The summed E-state index contributed by atoms with van der Waals surface area (Å²) in [6, 6.07) is 5.68. The van der Waals surface area contributed by atoms with Crippen molar-refractivity contribution in [1.82, 2.24) is 28.9 Å². The fraction of sp³-hybridized carbons (Fsp3) is 0.355. The van der Waals surface area contributed by atoms with Crippen molar-refractivity contribution < 1.29 is 48.7 Å². The standard InChI is InChI=1S/C31H27F7N6O4S/c1-42-18-25(17-40-42)49(46,47)43(10-11-48-31(36,37)38)24-5-2-20-13-27-19(16-41-44(27)23-6-3-22(32)4-7-23)14-29(20,15-24)28(45)26-12-21(8-9-39-26)30(33,34)35/h3-4,6-9,12-13,16-18,24H,2,5,10-11,14-15H2,1H3/t24-,29-/m0/s1. The van der Waals surface area contributed by atoms with E-state index in [0.29, 0.717) is 34.7 Å². The van der Waals surface area contributed by atoms with Gasteiger partial charge < -0.3 is 0 Å². The number of benzene rings is 1. The van der Waals surface area contributed by atoms with Gasteiger partial charge in [0, 0.05) is 32.0 Å². The molecule has 18 heteroatoms. The minimum absolute atomic E-state index is 0.0441. The number of Topliss-reactive ketones (excluding diaryl/α,β-unsaturated/α-hetero) is 1. The third kappa shape index (κ3) is 6.76. The second kappa shape index (κ2) is 12.5. The molecule has 2 aliphatic rings. The molecular formula is C31H27F7N6O4S. The monoisotopic (exact) mass is 712 g/mol.